The van der Waals surface area contributed by atoms with Crippen molar-refractivity contribution in [2.75, 3.05) is 18.0 Å². The lowest BCUT2D eigenvalue weighted by Crippen LogP contribution is -2.47. The Kier molecular flexibility index (Phi) is 3.52. The summed E-state index contributed by atoms with van der Waals surface area (Å²) in [5.74, 6) is -0.627. The van der Waals surface area contributed by atoms with Crippen molar-refractivity contribution in [1.29, 1.82) is 0 Å². The summed E-state index contributed by atoms with van der Waals surface area (Å²) in [6.07, 6.45) is 0.962. The van der Waals surface area contributed by atoms with Crippen molar-refractivity contribution in [2.45, 2.75) is 19.4 Å². The molecule has 1 aliphatic heterocycles. The van der Waals surface area contributed by atoms with E-state index >= 15 is 0 Å². The molecule has 0 aromatic heterocycles. The molecule has 18 heavy (non-hydrogen) atoms. The average molecular weight is 251 g/mol. The van der Waals surface area contributed by atoms with Crippen molar-refractivity contribution in [3.05, 3.63) is 29.6 Å². The molecular formula is C13H18FN3O. The summed E-state index contributed by atoms with van der Waals surface area (Å²) in [7, 11) is 0. The number of hydrogen-bond donors (Lipinski definition) is 2. The van der Waals surface area contributed by atoms with E-state index in [2.05, 4.69) is 6.92 Å². The molecule has 1 aromatic carbocycles. The normalized spacial score (nSPS) is 24.1. The van der Waals surface area contributed by atoms with Crippen LogP contribution in [0.2, 0.25) is 0 Å². The molecule has 0 aliphatic carbocycles. The molecule has 2 atom stereocenters. The van der Waals surface area contributed by atoms with Crippen LogP contribution in [0.4, 0.5) is 10.1 Å². The number of carbonyl (C=O) groups is 1. The number of rotatable bonds is 2. The second kappa shape index (κ2) is 4.94. The highest BCUT2D eigenvalue weighted by Gasteiger charge is 2.25. The zero-order chi connectivity index (χ0) is 13.3. The van der Waals surface area contributed by atoms with Crippen molar-refractivity contribution in [2.24, 2.45) is 17.4 Å². The summed E-state index contributed by atoms with van der Waals surface area (Å²) < 4.78 is 13.2. The second-order valence-electron chi connectivity index (χ2n) is 5.03. The molecule has 98 valence electrons. The van der Waals surface area contributed by atoms with Gasteiger partial charge in [-0.2, -0.15) is 0 Å². The molecule has 2 unspecified atom stereocenters. The van der Waals surface area contributed by atoms with E-state index in [0.29, 0.717) is 18.2 Å². The maximum atomic E-state index is 13.2. The summed E-state index contributed by atoms with van der Waals surface area (Å²) in [4.78, 5) is 13.4. The van der Waals surface area contributed by atoms with Crippen LogP contribution in [0.3, 0.4) is 0 Å². The van der Waals surface area contributed by atoms with Crippen LogP contribution in [-0.2, 0) is 0 Å². The largest absolute Gasteiger partial charge is 0.369 e. The lowest BCUT2D eigenvalue weighted by Gasteiger charge is -2.37. The first-order valence-electron chi connectivity index (χ1n) is 6.07. The maximum absolute atomic E-state index is 13.2. The van der Waals surface area contributed by atoms with Gasteiger partial charge in [0.1, 0.15) is 5.82 Å². The first kappa shape index (κ1) is 12.8. The van der Waals surface area contributed by atoms with E-state index in [1.165, 1.54) is 12.1 Å². The fraction of sp³-hybridized carbons (Fsp3) is 0.462. The summed E-state index contributed by atoms with van der Waals surface area (Å²) >= 11 is 0. The van der Waals surface area contributed by atoms with Gasteiger partial charge in [0.05, 0.1) is 5.56 Å². The number of piperidine rings is 1. The lowest BCUT2D eigenvalue weighted by molar-refractivity contribution is 0.1000. The minimum Gasteiger partial charge on any atom is -0.369 e. The van der Waals surface area contributed by atoms with Crippen molar-refractivity contribution in [3.63, 3.8) is 0 Å². The molecule has 0 saturated carbocycles. The van der Waals surface area contributed by atoms with E-state index in [1.807, 2.05) is 4.90 Å². The predicted molar refractivity (Wildman–Crippen MR) is 68.9 cm³/mol. The molecule has 5 heteroatoms. The molecule has 1 fully saturated rings. The summed E-state index contributed by atoms with van der Waals surface area (Å²) in [6, 6.07) is 4.19. The highest BCUT2D eigenvalue weighted by molar-refractivity contribution is 5.98. The quantitative estimate of drug-likeness (QED) is 0.826. The van der Waals surface area contributed by atoms with Crippen LogP contribution in [0.5, 0.6) is 0 Å². The Hall–Kier alpha value is -1.62. The molecule has 1 amide bonds. The van der Waals surface area contributed by atoms with Gasteiger partial charge >= 0.3 is 0 Å². The topological polar surface area (TPSA) is 72.3 Å². The van der Waals surface area contributed by atoms with Crippen LogP contribution in [-0.4, -0.2) is 25.0 Å². The molecule has 4 N–H and O–H groups in total. The van der Waals surface area contributed by atoms with Crippen molar-refractivity contribution >= 4 is 11.6 Å². The number of carbonyl (C=O) groups excluding carboxylic acids is 1. The van der Waals surface area contributed by atoms with E-state index < -0.39 is 11.7 Å². The van der Waals surface area contributed by atoms with Gasteiger partial charge in [-0.3, -0.25) is 4.79 Å². The van der Waals surface area contributed by atoms with Gasteiger partial charge in [-0.15, -0.1) is 0 Å². The number of amides is 1. The highest BCUT2D eigenvalue weighted by Crippen LogP contribution is 2.26. The third-order valence-corrected chi connectivity index (χ3v) is 3.26. The van der Waals surface area contributed by atoms with E-state index in [0.717, 1.165) is 13.0 Å². The van der Waals surface area contributed by atoms with Gasteiger partial charge in [0, 0.05) is 24.8 Å². The SMILES string of the molecule is CC1CC(N)CN(c2ccc(F)cc2C(N)=O)C1. The highest BCUT2D eigenvalue weighted by atomic mass is 19.1. The van der Waals surface area contributed by atoms with Crippen molar-refractivity contribution in [3.8, 4) is 0 Å². The average Bonchev–Trinajstić information content (AvgIpc) is 2.27. The summed E-state index contributed by atoms with van der Waals surface area (Å²) in [5, 5.41) is 0. The van der Waals surface area contributed by atoms with E-state index in [-0.39, 0.29) is 11.6 Å². The fourth-order valence-corrected chi connectivity index (χ4v) is 2.58. The Labute approximate surface area is 106 Å². The minimum absolute atomic E-state index is 0.0690. The molecular weight excluding hydrogens is 233 g/mol. The third-order valence-electron chi connectivity index (χ3n) is 3.26. The van der Waals surface area contributed by atoms with Crippen LogP contribution < -0.4 is 16.4 Å². The van der Waals surface area contributed by atoms with Crippen LogP contribution in [0.15, 0.2) is 18.2 Å². The first-order chi connectivity index (χ1) is 8.47. The van der Waals surface area contributed by atoms with Gasteiger partial charge in [-0.1, -0.05) is 6.92 Å². The van der Waals surface area contributed by atoms with Gasteiger partial charge in [-0.05, 0) is 30.5 Å². The Balaban J connectivity index is 2.35. The zero-order valence-corrected chi connectivity index (χ0v) is 10.4. The van der Waals surface area contributed by atoms with Crippen LogP contribution in [0.25, 0.3) is 0 Å². The molecule has 1 aliphatic rings. The number of hydrogen-bond acceptors (Lipinski definition) is 3. The van der Waals surface area contributed by atoms with Crippen molar-refractivity contribution in [1.82, 2.24) is 0 Å². The van der Waals surface area contributed by atoms with Crippen LogP contribution in [0.1, 0.15) is 23.7 Å². The van der Waals surface area contributed by atoms with Gasteiger partial charge in [0.15, 0.2) is 0 Å². The first-order valence-corrected chi connectivity index (χ1v) is 6.07. The van der Waals surface area contributed by atoms with Gasteiger partial charge < -0.3 is 16.4 Å². The maximum Gasteiger partial charge on any atom is 0.250 e. The molecule has 2 rings (SSSR count). The number of benzene rings is 1. The van der Waals surface area contributed by atoms with E-state index in [1.54, 1.807) is 6.07 Å². The molecule has 4 nitrogen and oxygen atoms in total. The zero-order valence-electron chi connectivity index (χ0n) is 10.4. The Bertz CT molecular complexity index is 454. The predicted octanol–water partition coefficient (Wildman–Crippen LogP) is 1.10. The summed E-state index contributed by atoms with van der Waals surface area (Å²) in [5.41, 5.74) is 12.2. The Morgan fingerprint density at radius 2 is 2.17 bits per heavy atom. The molecule has 1 saturated heterocycles. The summed E-state index contributed by atoms with van der Waals surface area (Å²) in [6.45, 7) is 3.58. The van der Waals surface area contributed by atoms with E-state index in [4.69, 9.17) is 11.5 Å². The van der Waals surface area contributed by atoms with Crippen molar-refractivity contribution < 1.29 is 9.18 Å². The monoisotopic (exact) mass is 251 g/mol. The fourth-order valence-electron chi connectivity index (χ4n) is 2.58. The Morgan fingerprint density at radius 1 is 1.44 bits per heavy atom. The molecule has 0 spiro atoms. The lowest BCUT2D eigenvalue weighted by atomic mass is 9.95. The number of primary amides is 1. The van der Waals surface area contributed by atoms with Gasteiger partial charge in [-0.25, -0.2) is 4.39 Å². The molecule has 1 heterocycles. The van der Waals surface area contributed by atoms with Gasteiger partial charge in [0.2, 0.25) is 0 Å². The second-order valence-corrected chi connectivity index (χ2v) is 5.03. The number of halogens is 1. The number of nitrogens with zero attached hydrogens (tertiary/aromatic N) is 1. The molecule has 0 bridgehead atoms. The Morgan fingerprint density at radius 3 is 2.78 bits per heavy atom. The molecule has 1 aromatic rings. The molecule has 0 radical (unpaired) electrons. The standard InChI is InChI=1S/C13H18FN3O/c1-8-4-10(15)7-17(6-8)12-3-2-9(14)5-11(12)13(16)18/h2-3,5,8,10H,4,6-7,15H2,1H3,(H2,16,18). The van der Waals surface area contributed by atoms with Crippen LogP contribution >= 0.6 is 0 Å². The van der Waals surface area contributed by atoms with E-state index in [9.17, 15) is 9.18 Å². The van der Waals surface area contributed by atoms with Crippen LogP contribution in [0, 0.1) is 11.7 Å². The number of nitrogens with two attached hydrogens (primary N) is 2. The number of anilines is 1. The minimum atomic E-state index is -0.615. The third kappa shape index (κ3) is 2.61. The van der Waals surface area contributed by atoms with Gasteiger partial charge in [0.25, 0.3) is 5.91 Å². The smallest absolute Gasteiger partial charge is 0.250 e.